The van der Waals surface area contributed by atoms with Crippen molar-refractivity contribution in [3.05, 3.63) is 41.8 Å². The zero-order chi connectivity index (χ0) is 16.9. The number of nitrogens with one attached hydrogen (secondary N) is 1. The van der Waals surface area contributed by atoms with Crippen LogP contribution in [0.5, 0.6) is 0 Å². The molecule has 1 aromatic carbocycles. The summed E-state index contributed by atoms with van der Waals surface area (Å²) in [6.45, 7) is 6.36. The van der Waals surface area contributed by atoms with E-state index in [4.69, 9.17) is 0 Å². The minimum Gasteiger partial charge on any atom is -0.281 e. The Morgan fingerprint density at radius 3 is 2.54 bits per heavy atom. The Bertz CT molecular complexity index is 1010. The first kappa shape index (κ1) is 14.9. The second kappa shape index (κ2) is 5.20. The summed E-state index contributed by atoms with van der Waals surface area (Å²) in [5.41, 5.74) is 2.57. The molecule has 0 fully saturated rings. The lowest BCUT2D eigenvalue weighted by atomic mass is 9.92. The van der Waals surface area contributed by atoms with Gasteiger partial charge < -0.3 is 0 Å². The van der Waals surface area contributed by atoms with Gasteiger partial charge in [-0.15, -0.1) is 10.2 Å². The Kier molecular flexibility index (Phi) is 3.24. The molecule has 6 nitrogen and oxygen atoms in total. The molecule has 0 amide bonds. The summed E-state index contributed by atoms with van der Waals surface area (Å²) in [7, 11) is 0. The predicted octanol–water partition coefficient (Wildman–Crippen LogP) is 3.68. The van der Waals surface area contributed by atoms with Crippen LogP contribution in [0.15, 0.2) is 30.3 Å². The van der Waals surface area contributed by atoms with Crippen molar-refractivity contribution >= 4 is 16.3 Å². The van der Waals surface area contributed by atoms with E-state index in [0.717, 1.165) is 22.0 Å². The molecule has 0 aliphatic carbocycles. The highest BCUT2D eigenvalue weighted by Crippen LogP contribution is 2.29. The Balaban J connectivity index is 1.77. The number of H-pyrrole nitrogens is 1. The lowest BCUT2D eigenvalue weighted by molar-refractivity contribution is 0.567. The summed E-state index contributed by atoms with van der Waals surface area (Å²) in [5.74, 6) is 0.295. The largest absolute Gasteiger partial charge is 0.281 e. The lowest BCUT2D eigenvalue weighted by Gasteiger charge is -2.14. The van der Waals surface area contributed by atoms with Gasteiger partial charge in [0.2, 0.25) is 4.96 Å². The maximum atomic E-state index is 13.1. The summed E-state index contributed by atoms with van der Waals surface area (Å²) in [6.07, 6.45) is 0. The van der Waals surface area contributed by atoms with E-state index in [1.54, 1.807) is 16.6 Å². The molecule has 0 unspecified atom stereocenters. The molecule has 3 heterocycles. The minimum absolute atomic E-state index is 0.0104. The van der Waals surface area contributed by atoms with Gasteiger partial charge in [-0.3, -0.25) is 5.10 Å². The fraction of sp³-hybridized carbons (Fsp3) is 0.250. The van der Waals surface area contributed by atoms with Crippen molar-refractivity contribution in [3.8, 4) is 22.1 Å². The van der Waals surface area contributed by atoms with Crippen LogP contribution in [0, 0.1) is 5.82 Å². The first-order valence-corrected chi connectivity index (χ1v) is 8.28. The maximum Gasteiger partial charge on any atom is 0.235 e. The van der Waals surface area contributed by atoms with Crippen LogP contribution in [-0.2, 0) is 5.41 Å². The molecule has 24 heavy (non-hydrogen) atoms. The third-order valence-corrected chi connectivity index (χ3v) is 4.62. The molecule has 0 radical (unpaired) electrons. The van der Waals surface area contributed by atoms with Gasteiger partial charge in [-0.05, 0) is 30.3 Å². The van der Waals surface area contributed by atoms with E-state index < -0.39 is 0 Å². The highest BCUT2D eigenvalue weighted by Gasteiger charge is 2.20. The van der Waals surface area contributed by atoms with E-state index in [1.165, 1.54) is 23.5 Å². The van der Waals surface area contributed by atoms with E-state index in [9.17, 15) is 4.39 Å². The van der Waals surface area contributed by atoms with Gasteiger partial charge in [0.1, 0.15) is 11.5 Å². The fourth-order valence-electron chi connectivity index (χ4n) is 2.31. The molecule has 4 rings (SSSR count). The van der Waals surface area contributed by atoms with Gasteiger partial charge >= 0.3 is 0 Å². The van der Waals surface area contributed by atoms with Crippen molar-refractivity contribution in [3.63, 3.8) is 0 Å². The fourth-order valence-corrected chi connectivity index (χ4v) is 3.11. The highest BCUT2D eigenvalue weighted by atomic mass is 32.1. The van der Waals surface area contributed by atoms with E-state index in [0.29, 0.717) is 10.8 Å². The number of aromatic nitrogens is 6. The van der Waals surface area contributed by atoms with Gasteiger partial charge in [-0.2, -0.15) is 14.7 Å². The molecule has 3 aromatic heterocycles. The van der Waals surface area contributed by atoms with E-state index >= 15 is 0 Å². The van der Waals surface area contributed by atoms with Crippen molar-refractivity contribution < 1.29 is 4.39 Å². The van der Waals surface area contributed by atoms with Crippen molar-refractivity contribution in [1.29, 1.82) is 0 Å². The number of aromatic amines is 1. The van der Waals surface area contributed by atoms with E-state index in [1.807, 2.05) is 6.07 Å². The van der Waals surface area contributed by atoms with Crippen LogP contribution < -0.4 is 0 Å². The SMILES string of the molecule is CC(C)(C)c1cc(-c2nn3c(-c4ccc(F)cc4)nnc3s2)n[nH]1. The van der Waals surface area contributed by atoms with E-state index in [2.05, 4.69) is 46.3 Å². The highest BCUT2D eigenvalue weighted by molar-refractivity contribution is 7.19. The monoisotopic (exact) mass is 342 g/mol. The first-order valence-electron chi connectivity index (χ1n) is 7.46. The Morgan fingerprint density at radius 2 is 1.88 bits per heavy atom. The second-order valence-electron chi connectivity index (χ2n) is 6.55. The third-order valence-electron chi connectivity index (χ3n) is 3.70. The van der Waals surface area contributed by atoms with Crippen LogP contribution in [-0.4, -0.2) is 30.0 Å². The maximum absolute atomic E-state index is 13.1. The van der Waals surface area contributed by atoms with Gasteiger partial charge in [0, 0.05) is 16.7 Å². The van der Waals surface area contributed by atoms with Crippen LogP contribution in [0.2, 0.25) is 0 Å². The molecule has 0 atom stereocenters. The molecule has 1 N–H and O–H groups in total. The molecule has 4 aromatic rings. The average Bonchev–Trinajstić information content (AvgIpc) is 3.22. The number of rotatable bonds is 2. The Labute approximate surface area is 141 Å². The van der Waals surface area contributed by atoms with Crippen molar-refractivity contribution in [2.24, 2.45) is 0 Å². The number of hydrogen-bond donors (Lipinski definition) is 1. The summed E-state index contributed by atoms with van der Waals surface area (Å²) < 4.78 is 14.8. The molecule has 0 aliphatic heterocycles. The Morgan fingerprint density at radius 1 is 1.12 bits per heavy atom. The van der Waals surface area contributed by atoms with Gasteiger partial charge in [-0.1, -0.05) is 32.1 Å². The second-order valence-corrected chi connectivity index (χ2v) is 7.50. The van der Waals surface area contributed by atoms with Gasteiger partial charge in [0.15, 0.2) is 10.8 Å². The zero-order valence-electron chi connectivity index (χ0n) is 13.4. The quantitative estimate of drug-likeness (QED) is 0.603. The molecule has 0 bridgehead atoms. The van der Waals surface area contributed by atoms with Gasteiger partial charge in [0.05, 0.1) is 0 Å². The molecule has 0 saturated carbocycles. The molecule has 0 aliphatic rings. The number of halogens is 1. The van der Waals surface area contributed by atoms with Crippen molar-refractivity contribution in [1.82, 2.24) is 30.0 Å². The molecular weight excluding hydrogens is 327 g/mol. The standard InChI is InChI=1S/C16H15FN6S/c1-16(2,3)12-8-11(18-19-12)14-22-23-13(20-21-15(23)24-14)9-4-6-10(17)7-5-9/h4-8H,1-3H3,(H,18,19). The summed E-state index contributed by atoms with van der Waals surface area (Å²) in [4.78, 5) is 0.671. The van der Waals surface area contributed by atoms with Crippen LogP contribution >= 0.6 is 11.3 Å². The van der Waals surface area contributed by atoms with Crippen LogP contribution in [0.25, 0.3) is 27.1 Å². The van der Waals surface area contributed by atoms with Crippen LogP contribution in [0.4, 0.5) is 4.39 Å². The van der Waals surface area contributed by atoms with E-state index in [-0.39, 0.29) is 11.2 Å². The first-order chi connectivity index (χ1) is 11.4. The third kappa shape index (κ3) is 2.48. The topological polar surface area (TPSA) is 71.8 Å². The number of fused-ring (bicyclic) bond motifs is 1. The smallest absolute Gasteiger partial charge is 0.235 e. The van der Waals surface area contributed by atoms with Gasteiger partial charge in [0.25, 0.3) is 0 Å². The summed E-state index contributed by atoms with van der Waals surface area (Å²) in [6, 6.07) is 8.12. The molecular formula is C16H15FN6S. The number of hydrogen-bond acceptors (Lipinski definition) is 5. The normalized spacial score (nSPS) is 12.2. The summed E-state index contributed by atoms with van der Waals surface area (Å²) >= 11 is 1.41. The van der Waals surface area contributed by atoms with Crippen molar-refractivity contribution in [2.75, 3.05) is 0 Å². The van der Waals surface area contributed by atoms with Crippen LogP contribution in [0.1, 0.15) is 26.5 Å². The Hall–Kier alpha value is -2.61. The number of benzene rings is 1. The van der Waals surface area contributed by atoms with Crippen LogP contribution in [0.3, 0.4) is 0 Å². The molecule has 122 valence electrons. The predicted molar refractivity (Wildman–Crippen MR) is 90.3 cm³/mol. The van der Waals surface area contributed by atoms with Gasteiger partial charge in [-0.25, -0.2) is 4.39 Å². The molecule has 0 spiro atoms. The molecule has 8 heteroatoms. The molecule has 0 saturated heterocycles. The number of nitrogens with zero attached hydrogens (tertiary/aromatic N) is 5. The summed E-state index contributed by atoms with van der Waals surface area (Å²) in [5, 5.41) is 21.0. The zero-order valence-corrected chi connectivity index (χ0v) is 14.2. The lowest BCUT2D eigenvalue weighted by Crippen LogP contribution is -2.11. The van der Waals surface area contributed by atoms with Crippen molar-refractivity contribution in [2.45, 2.75) is 26.2 Å². The average molecular weight is 342 g/mol. The minimum atomic E-state index is -0.287.